The Kier molecular flexibility index (Phi) is 5.45. The summed E-state index contributed by atoms with van der Waals surface area (Å²) >= 11 is 10.8. The first-order valence-corrected chi connectivity index (χ1v) is 10.6. The van der Waals surface area contributed by atoms with Crippen LogP contribution in [0.3, 0.4) is 0 Å². The van der Waals surface area contributed by atoms with Gasteiger partial charge in [0.25, 0.3) is 10.0 Å². The van der Waals surface area contributed by atoms with Crippen LogP contribution in [0.5, 0.6) is 0 Å². The number of piperazine rings is 1. The monoisotopic (exact) mass is 434 g/mol. The van der Waals surface area contributed by atoms with Gasteiger partial charge in [0, 0.05) is 37.7 Å². The highest BCUT2D eigenvalue weighted by molar-refractivity contribution is 9.11. The Balaban J connectivity index is 1.63. The van der Waals surface area contributed by atoms with Gasteiger partial charge in [0.2, 0.25) is 0 Å². The molecule has 3 rings (SSSR count). The van der Waals surface area contributed by atoms with Crippen LogP contribution >= 0.6 is 38.9 Å². The second kappa shape index (κ2) is 7.21. The zero-order valence-electron chi connectivity index (χ0n) is 12.3. The highest BCUT2D eigenvalue weighted by Gasteiger charge is 2.29. The average molecular weight is 436 g/mol. The molecule has 0 atom stereocenters. The molecule has 0 bridgehead atoms. The maximum atomic E-state index is 12.6. The molecular weight excluding hydrogens is 420 g/mol. The summed E-state index contributed by atoms with van der Waals surface area (Å²) in [4.78, 5) is 2.23. The van der Waals surface area contributed by atoms with Gasteiger partial charge in [-0.1, -0.05) is 29.8 Å². The Bertz CT molecular complexity index is 786. The summed E-state index contributed by atoms with van der Waals surface area (Å²) in [5, 5.41) is 0.756. The molecule has 0 saturated carbocycles. The third-order valence-electron chi connectivity index (χ3n) is 3.83. The van der Waals surface area contributed by atoms with Crippen LogP contribution < -0.4 is 0 Å². The molecule has 1 aliphatic rings. The summed E-state index contributed by atoms with van der Waals surface area (Å²) in [6.07, 6.45) is 0. The van der Waals surface area contributed by atoms with Crippen LogP contribution in [0.15, 0.2) is 44.4 Å². The molecule has 0 unspecified atom stereocenters. The van der Waals surface area contributed by atoms with Crippen LogP contribution in [0.25, 0.3) is 0 Å². The lowest BCUT2D eigenvalue weighted by molar-refractivity contribution is 0.182. The minimum atomic E-state index is -3.38. The van der Waals surface area contributed by atoms with Crippen molar-refractivity contribution < 1.29 is 8.42 Å². The van der Waals surface area contributed by atoms with Crippen LogP contribution in [-0.4, -0.2) is 43.8 Å². The third kappa shape index (κ3) is 3.97. The van der Waals surface area contributed by atoms with E-state index >= 15 is 0 Å². The van der Waals surface area contributed by atoms with Gasteiger partial charge in [-0.3, -0.25) is 4.90 Å². The van der Waals surface area contributed by atoms with Crippen molar-refractivity contribution in [1.82, 2.24) is 9.21 Å². The first-order valence-electron chi connectivity index (χ1n) is 7.18. The van der Waals surface area contributed by atoms with E-state index in [1.807, 2.05) is 24.3 Å². The van der Waals surface area contributed by atoms with Crippen LogP contribution in [0, 0.1) is 0 Å². The molecule has 1 saturated heterocycles. The fourth-order valence-electron chi connectivity index (χ4n) is 2.56. The van der Waals surface area contributed by atoms with E-state index in [9.17, 15) is 8.42 Å². The van der Waals surface area contributed by atoms with Gasteiger partial charge in [0.15, 0.2) is 0 Å². The second-order valence-corrected chi connectivity index (χ2v) is 10.4. The van der Waals surface area contributed by atoms with Crippen molar-refractivity contribution >= 4 is 48.9 Å². The highest BCUT2D eigenvalue weighted by Crippen LogP contribution is 2.29. The van der Waals surface area contributed by atoms with Crippen LogP contribution in [-0.2, 0) is 16.6 Å². The van der Waals surface area contributed by atoms with E-state index < -0.39 is 10.0 Å². The first kappa shape index (κ1) is 17.4. The van der Waals surface area contributed by atoms with E-state index in [1.165, 1.54) is 11.3 Å². The van der Waals surface area contributed by atoms with E-state index in [4.69, 9.17) is 11.6 Å². The SMILES string of the molecule is O=S(=O)(c1ccc(Br)s1)N1CCN(Cc2ccccc2Cl)CC1. The molecule has 0 N–H and O–H groups in total. The first-order chi connectivity index (χ1) is 11.0. The van der Waals surface area contributed by atoms with Gasteiger partial charge < -0.3 is 0 Å². The maximum Gasteiger partial charge on any atom is 0.252 e. The number of hydrogen-bond acceptors (Lipinski definition) is 4. The fourth-order valence-corrected chi connectivity index (χ4v) is 6.34. The van der Waals surface area contributed by atoms with E-state index in [1.54, 1.807) is 16.4 Å². The molecule has 23 heavy (non-hydrogen) atoms. The number of hydrogen-bond donors (Lipinski definition) is 0. The number of nitrogens with zero attached hydrogens (tertiary/aromatic N) is 2. The van der Waals surface area contributed by atoms with Crippen molar-refractivity contribution in [3.8, 4) is 0 Å². The van der Waals surface area contributed by atoms with Crippen LogP contribution in [0.4, 0.5) is 0 Å². The number of rotatable bonds is 4. The number of thiophene rings is 1. The largest absolute Gasteiger partial charge is 0.296 e. The molecule has 0 radical (unpaired) electrons. The summed E-state index contributed by atoms with van der Waals surface area (Å²) in [5.74, 6) is 0. The molecule has 0 amide bonds. The molecule has 2 aromatic rings. The maximum absolute atomic E-state index is 12.6. The van der Waals surface area contributed by atoms with Gasteiger partial charge in [0.1, 0.15) is 4.21 Å². The summed E-state index contributed by atoms with van der Waals surface area (Å²) in [6, 6.07) is 11.2. The molecule has 2 heterocycles. The van der Waals surface area contributed by atoms with Gasteiger partial charge in [-0.2, -0.15) is 4.31 Å². The number of sulfonamides is 1. The van der Waals surface area contributed by atoms with E-state index in [-0.39, 0.29) is 0 Å². The zero-order valence-corrected chi connectivity index (χ0v) is 16.3. The Hall–Kier alpha value is -0.440. The van der Waals surface area contributed by atoms with E-state index in [0.29, 0.717) is 30.4 Å². The molecular formula is C15H16BrClN2O2S2. The third-order valence-corrected chi connectivity index (χ3v) is 8.18. The van der Waals surface area contributed by atoms with Crippen molar-refractivity contribution in [2.24, 2.45) is 0 Å². The Morgan fingerprint density at radius 3 is 2.39 bits per heavy atom. The molecule has 1 fully saturated rings. The Morgan fingerprint density at radius 2 is 1.78 bits per heavy atom. The average Bonchev–Trinajstić information content (AvgIpc) is 2.98. The van der Waals surface area contributed by atoms with Gasteiger partial charge in [0.05, 0.1) is 3.79 Å². The molecule has 1 aromatic heterocycles. The predicted molar refractivity (Wildman–Crippen MR) is 97.5 cm³/mol. The van der Waals surface area contributed by atoms with Crippen molar-refractivity contribution in [3.63, 3.8) is 0 Å². The summed E-state index contributed by atoms with van der Waals surface area (Å²) in [6.45, 7) is 3.16. The van der Waals surface area contributed by atoms with Crippen LogP contribution in [0.1, 0.15) is 5.56 Å². The minimum absolute atomic E-state index is 0.393. The van der Waals surface area contributed by atoms with Crippen molar-refractivity contribution in [2.45, 2.75) is 10.8 Å². The fraction of sp³-hybridized carbons (Fsp3) is 0.333. The van der Waals surface area contributed by atoms with Gasteiger partial charge in [-0.25, -0.2) is 8.42 Å². The van der Waals surface area contributed by atoms with Crippen molar-refractivity contribution in [1.29, 1.82) is 0 Å². The zero-order chi connectivity index (χ0) is 16.4. The predicted octanol–water partition coefficient (Wildman–Crippen LogP) is 3.67. The lowest BCUT2D eigenvalue weighted by atomic mass is 10.2. The van der Waals surface area contributed by atoms with E-state index in [0.717, 1.165) is 20.9 Å². The summed E-state index contributed by atoms with van der Waals surface area (Å²) in [5.41, 5.74) is 1.08. The molecule has 0 spiro atoms. The second-order valence-electron chi connectivity index (χ2n) is 5.33. The molecule has 4 nitrogen and oxygen atoms in total. The normalized spacial score (nSPS) is 17.5. The Morgan fingerprint density at radius 1 is 1.09 bits per heavy atom. The smallest absolute Gasteiger partial charge is 0.252 e. The van der Waals surface area contributed by atoms with E-state index in [2.05, 4.69) is 20.8 Å². The van der Waals surface area contributed by atoms with Gasteiger partial charge in [-0.15, -0.1) is 11.3 Å². The van der Waals surface area contributed by atoms with Gasteiger partial charge >= 0.3 is 0 Å². The number of benzene rings is 1. The quantitative estimate of drug-likeness (QED) is 0.736. The highest BCUT2D eigenvalue weighted by atomic mass is 79.9. The van der Waals surface area contributed by atoms with Gasteiger partial charge in [-0.05, 0) is 39.7 Å². The van der Waals surface area contributed by atoms with Crippen LogP contribution in [0.2, 0.25) is 5.02 Å². The summed E-state index contributed by atoms with van der Waals surface area (Å²) in [7, 11) is -3.38. The molecule has 124 valence electrons. The molecule has 1 aliphatic heterocycles. The standard InChI is InChI=1S/C15H16BrClN2O2S2/c16-14-5-6-15(22-14)23(20,21)19-9-7-18(8-10-19)11-12-3-1-2-4-13(12)17/h1-6H,7-11H2. The lowest BCUT2D eigenvalue weighted by Crippen LogP contribution is -2.48. The summed E-state index contributed by atoms with van der Waals surface area (Å²) < 4.78 is 28.0. The number of halogens is 2. The van der Waals surface area contributed by atoms with Crippen molar-refractivity contribution in [3.05, 3.63) is 50.8 Å². The molecule has 8 heteroatoms. The lowest BCUT2D eigenvalue weighted by Gasteiger charge is -2.33. The molecule has 0 aliphatic carbocycles. The van der Waals surface area contributed by atoms with Crippen molar-refractivity contribution in [2.75, 3.05) is 26.2 Å². The Labute approximate surface area is 153 Å². The minimum Gasteiger partial charge on any atom is -0.296 e. The topological polar surface area (TPSA) is 40.6 Å². The molecule has 1 aromatic carbocycles.